The number of benzene rings is 6. The van der Waals surface area contributed by atoms with E-state index in [4.69, 9.17) is 32.8 Å². The van der Waals surface area contributed by atoms with Gasteiger partial charge in [0.1, 0.15) is 41.4 Å². The summed E-state index contributed by atoms with van der Waals surface area (Å²) in [7, 11) is 0. The van der Waals surface area contributed by atoms with Gasteiger partial charge in [0.15, 0.2) is 41.0 Å². The summed E-state index contributed by atoms with van der Waals surface area (Å²) in [6.07, 6.45) is -12.8. The third-order valence-electron chi connectivity index (χ3n) is 19.0. The van der Waals surface area contributed by atoms with Crippen LogP contribution in [0, 0.1) is 28.4 Å². The van der Waals surface area contributed by atoms with Crippen molar-refractivity contribution in [1.82, 2.24) is 10.6 Å². The van der Waals surface area contributed by atoms with Crippen LogP contribution in [0.2, 0.25) is 0 Å². The third-order valence-corrected chi connectivity index (χ3v) is 19.0. The molecule has 2 amide bonds. The molecule has 4 aliphatic carbocycles. The van der Waals surface area contributed by atoms with Gasteiger partial charge >= 0.3 is 35.8 Å². The molecule has 1 saturated heterocycles. The van der Waals surface area contributed by atoms with Crippen molar-refractivity contribution in [2.75, 3.05) is 13.2 Å². The molecule has 6 N–H and O–H groups in total. The van der Waals surface area contributed by atoms with Crippen molar-refractivity contribution in [2.45, 2.75) is 115 Å². The molecule has 0 radical (unpaired) electrons. The van der Waals surface area contributed by atoms with E-state index in [9.17, 15) is 72.4 Å². The molecule has 498 valence electrons. The zero-order valence-electron chi connectivity index (χ0n) is 52.3. The van der Waals surface area contributed by atoms with Gasteiger partial charge in [0.25, 0.3) is 11.8 Å². The average Bonchev–Trinajstić information content (AvgIpc) is 0.668. The van der Waals surface area contributed by atoms with Crippen LogP contribution in [0.5, 0.6) is 5.75 Å². The van der Waals surface area contributed by atoms with Crippen molar-refractivity contribution in [1.29, 1.82) is 0 Å². The molecule has 6 aliphatic rings. The Labute approximate surface area is 545 Å². The maximum absolute atomic E-state index is 16.5. The molecule has 2 saturated carbocycles. The Morgan fingerprint density at radius 1 is 0.740 bits per heavy atom. The second-order valence-electron chi connectivity index (χ2n) is 24.9. The van der Waals surface area contributed by atoms with E-state index in [1.54, 1.807) is 54.6 Å². The number of rotatable bonds is 17. The number of fused-ring (bicyclic) bond motifs is 7. The number of hydrogen-bond donors (Lipinski definition) is 6. The summed E-state index contributed by atoms with van der Waals surface area (Å²) in [5.41, 5.74) is -11.3. The Bertz CT molecular complexity index is 4400. The SMILES string of the molecule is CC(=O)O[C@H]1C(=O)[C@@]2(C)C([C@H](OC(=O)c3ccccc3)[C@]3(O)CC(OC(=O)[C@H](O)[C@@H](NC(=O)c4ccccc4)c4ccccc4)C(C)=C1C3(C)C)[C@]1(OC(C)=O)COC1C[C@@H]2OC(=O)CCNC(=O)c1ccc(-c2c3cc(F)c(=O)cc-3oc3cc(O)c(F)cc23)c(C(=O)O)c1. The number of halogens is 2. The summed E-state index contributed by atoms with van der Waals surface area (Å²) in [6, 6.07) is 28.6. The Hall–Kier alpha value is -10.5. The summed E-state index contributed by atoms with van der Waals surface area (Å²) in [5.74, 6) is -15.1. The van der Waals surface area contributed by atoms with Crippen LogP contribution in [0.1, 0.15) is 114 Å². The molecule has 5 aromatic carbocycles. The lowest BCUT2D eigenvalue weighted by Gasteiger charge is -2.67. The van der Waals surface area contributed by atoms with Crippen LogP contribution < -0.4 is 16.1 Å². The molecule has 2 heterocycles. The number of carboxylic acids is 1. The highest BCUT2D eigenvalue weighted by Gasteiger charge is 2.79. The number of esters is 5. The first-order valence-corrected chi connectivity index (χ1v) is 30.5. The van der Waals surface area contributed by atoms with Crippen LogP contribution in [-0.4, -0.2) is 135 Å². The molecule has 5 aromatic rings. The first-order chi connectivity index (χ1) is 45.5. The van der Waals surface area contributed by atoms with Crippen molar-refractivity contribution < 1.29 is 105 Å². The fraction of sp³-hybridized carbons (Fsp3) is 0.324. The predicted molar refractivity (Wildman–Crippen MR) is 332 cm³/mol. The van der Waals surface area contributed by atoms with Gasteiger partial charge in [-0.05, 0) is 84.7 Å². The number of carbonyl (C=O) groups excluding carboxylic acids is 8. The zero-order chi connectivity index (χ0) is 69.1. The Kier molecular flexibility index (Phi) is 17.9. The van der Waals surface area contributed by atoms with Crippen molar-refractivity contribution in [3.8, 4) is 28.2 Å². The van der Waals surface area contributed by atoms with Gasteiger partial charge in [-0.2, -0.15) is 0 Å². The Balaban J connectivity index is 0.948. The highest BCUT2D eigenvalue weighted by molar-refractivity contribution is 6.09. The van der Waals surface area contributed by atoms with Crippen LogP contribution in [0.15, 0.2) is 154 Å². The van der Waals surface area contributed by atoms with Crippen LogP contribution in [-0.2, 0) is 52.4 Å². The van der Waals surface area contributed by atoms with Crippen LogP contribution in [0.25, 0.3) is 33.4 Å². The fourth-order valence-electron chi connectivity index (χ4n) is 14.2. The van der Waals surface area contributed by atoms with E-state index in [-0.39, 0.29) is 66.8 Å². The maximum atomic E-state index is 16.5. The number of aromatic hydroxyl groups is 1. The summed E-state index contributed by atoms with van der Waals surface area (Å²) in [5, 5.41) is 52.1. The molecule has 0 aromatic heterocycles. The van der Waals surface area contributed by atoms with E-state index in [0.717, 1.165) is 44.2 Å². The number of phenolic OH excluding ortho intramolecular Hbond substituents is 1. The molecular formula is C71H64F2N2O21. The minimum absolute atomic E-state index is 0.0261. The lowest BCUT2D eigenvalue weighted by atomic mass is 9.44. The maximum Gasteiger partial charge on any atom is 0.338 e. The molecular weight excluding hydrogens is 1250 g/mol. The van der Waals surface area contributed by atoms with Gasteiger partial charge in [0, 0.05) is 78.4 Å². The topological polar surface area (TPSA) is 344 Å². The largest absolute Gasteiger partial charge is 0.505 e. The van der Waals surface area contributed by atoms with Gasteiger partial charge < -0.3 is 63.9 Å². The Morgan fingerprint density at radius 3 is 2.02 bits per heavy atom. The van der Waals surface area contributed by atoms with Gasteiger partial charge in [-0.3, -0.25) is 33.6 Å². The number of aliphatic hydroxyl groups excluding tert-OH is 1. The number of ketones is 1. The van der Waals surface area contributed by atoms with Gasteiger partial charge in [0.2, 0.25) is 5.43 Å². The van der Waals surface area contributed by atoms with E-state index in [1.165, 1.54) is 76.2 Å². The molecule has 3 fully saturated rings. The minimum atomic E-state index is -2.63. The van der Waals surface area contributed by atoms with Crippen molar-refractivity contribution in [2.24, 2.45) is 16.7 Å². The summed E-state index contributed by atoms with van der Waals surface area (Å²) in [4.78, 5) is 141. The van der Waals surface area contributed by atoms with Crippen molar-refractivity contribution in [3.63, 3.8) is 0 Å². The van der Waals surface area contributed by atoms with E-state index in [0.29, 0.717) is 0 Å². The van der Waals surface area contributed by atoms with Gasteiger partial charge in [-0.25, -0.2) is 23.2 Å². The summed E-state index contributed by atoms with van der Waals surface area (Å²) < 4.78 is 73.0. The number of nitrogens with one attached hydrogen (secondary N) is 2. The normalized spacial score (nSPS) is 24.6. The van der Waals surface area contributed by atoms with E-state index in [2.05, 4.69) is 10.6 Å². The highest BCUT2D eigenvalue weighted by atomic mass is 19.1. The quantitative estimate of drug-likeness (QED) is 0.0220. The van der Waals surface area contributed by atoms with Gasteiger partial charge in [-0.1, -0.05) is 86.6 Å². The fourth-order valence-corrected chi connectivity index (χ4v) is 14.2. The molecule has 11 rings (SSSR count). The van der Waals surface area contributed by atoms with E-state index in [1.807, 2.05) is 0 Å². The lowest BCUT2D eigenvalue weighted by Crippen LogP contribution is -2.82. The molecule has 0 spiro atoms. The first kappa shape index (κ1) is 66.9. The third kappa shape index (κ3) is 11.8. The van der Waals surface area contributed by atoms with E-state index < -0.39 is 185 Å². The number of Topliss-reactive ketones (excluding diaryl/α,β-unsaturated/α-hetero) is 1. The van der Waals surface area contributed by atoms with Gasteiger partial charge in [-0.15, -0.1) is 0 Å². The average molecular weight is 1320 g/mol. The number of hydrogen-bond acceptors (Lipinski definition) is 20. The number of aromatic carboxylic acids is 1. The zero-order valence-corrected chi connectivity index (χ0v) is 52.3. The molecule has 11 atom stereocenters. The van der Waals surface area contributed by atoms with Crippen molar-refractivity contribution >= 4 is 64.4 Å². The molecule has 2 aliphatic heterocycles. The molecule has 2 bridgehead atoms. The molecule has 23 nitrogen and oxygen atoms in total. The number of ether oxygens (including phenoxy) is 6. The van der Waals surface area contributed by atoms with Crippen LogP contribution in [0.3, 0.4) is 0 Å². The highest BCUT2D eigenvalue weighted by Crippen LogP contribution is 2.65. The second kappa shape index (κ2) is 25.7. The number of phenols is 1. The number of carbonyl (C=O) groups is 9. The van der Waals surface area contributed by atoms with Crippen molar-refractivity contribution in [3.05, 3.63) is 194 Å². The molecule has 3 unspecified atom stereocenters. The number of aliphatic hydroxyl groups is 2. The summed E-state index contributed by atoms with van der Waals surface area (Å²) >= 11 is 0. The smallest absolute Gasteiger partial charge is 0.338 e. The van der Waals surface area contributed by atoms with Gasteiger partial charge in [0.05, 0.1) is 41.5 Å². The molecule has 96 heavy (non-hydrogen) atoms. The summed E-state index contributed by atoms with van der Waals surface area (Å²) in [6.45, 7) is 6.74. The molecule has 25 heteroatoms. The lowest BCUT2D eigenvalue weighted by molar-refractivity contribution is -0.346. The minimum Gasteiger partial charge on any atom is -0.505 e. The second-order valence-corrected chi connectivity index (χ2v) is 24.9. The monoisotopic (exact) mass is 1320 g/mol. The predicted octanol–water partition coefficient (Wildman–Crippen LogP) is 7.67. The number of amides is 2. The Morgan fingerprint density at radius 2 is 1.40 bits per heavy atom. The van der Waals surface area contributed by atoms with Crippen LogP contribution in [0.4, 0.5) is 8.78 Å². The van der Waals surface area contributed by atoms with E-state index >= 15 is 4.79 Å². The van der Waals surface area contributed by atoms with Crippen LogP contribution >= 0.6 is 0 Å². The standard InChI is InChI=1S/C71H64F2N2O21/c1-34-51(93-67(88)58(81)57(37-16-10-7-11-17-37)75-64(84)38-18-12-8-13-19-38)32-71(89)62(95-66(87)39-20-14-9-15-21-39)60-69(6,61(82)59(91-35(2)76)56(34)68(71,4)5)52(31-53-70(60,33-90-53)96-36(3)77)94-54(80)24-25-74-63(83)40-22-23-41(42(26-40)65(85)86)55-43-27-45(72)47(78)29-49(43)92-50-30-48(79)46(73)28-44(50)55/h7-23,26-30,51-53,57-60,62,78,81,89H,24-25,31-33H2,1-6H3,(H,74,83)(H,75,84)(H,85,86)/t51?,52-,53?,57-,58+,59+,60?,62-,69+,70-,71+/m0/s1. The first-order valence-electron chi connectivity index (χ1n) is 30.5. The number of carboxylic acid groups (broad SMARTS) is 1.